The number of nitrogens with zero attached hydrogens (tertiary/aromatic N) is 2. The number of hydrogen-bond donors (Lipinski definition) is 0. The van der Waals surface area contributed by atoms with Gasteiger partial charge in [-0.05, 0) is 60.4 Å². The van der Waals surface area contributed by atoms with Gasteiger partial charge in [0.2, 0.25) is 5.91 Å². The van der Waals surface area contributed by atoms with Crippen molar-refractivity contribution in [3.8, 4) is 11.5 Å². The minimum Gasteiger partial charge on any atom is -0.493 e. The summed E-state index contributed by atoms with van der Waals surface area (Å²) in [6, 6.07) is 13.0. The van der Waals surface area contributed by atoms with Crippen LogP contribution in [0.4, 0.5) is 0 Å². The molecule has 180 valence electrons. The van der Waals surface area contributed by atoms with Crippen LogP contribution in [0.1, 0.15) is 46.4 Å². The van der Waals surface area contributed by atoms with Gasteiger partial charge in [-0.25, -0.2) is 0 Å². The number of hydrogen-bond acceptors (Lipinski definition) is 6. The van der Waals surface area contributed by atoms with Crippen LogP contribution in [0.3, 0.4) is 0 Å². The maximum atomic E-state index is 13.6. The summed E-state index contributed by atoms with van der Waals surface area (Å²) in [6.45, 7) is 5.00. The first-order valence-electron chi connectivity index (χ1n) is 11.5. The minimum absolute atomic E-state index is 0.0386. The number of fused-ring (bicyclic) bond motifs is 1. The fraction of sp³-hybridized carbons (Fsp3) is 0.385. The minimum atomic E-state index is -0.219. The molecule has 1 aromatic carbocycles. The van der Waals surface area contributed by atoms with Crippen molar-refractivity contribution in [2.45, 2.75) is 38.8 Å². The van der Waals surface area contributed by atoms with Crippen LogP contribution in [-0.2, 0) is 11.2 Å². The Kier molecular flexibility index (Phi) is 7.90. The number of carbonyl (C=O) groups is 2. The first kappa shape index (κ1) is 24.3. The van der Waals surface area contributed by atoms with Gasteiger partial charge in [0.05, 0.1) is 18.0 Å². The number of rotatable bonds is 9. The molecule has 1 aliphatic rings. The van der Waals surface area contributed by atoms with Crippen LogP contribution in [0.25, 0.3) is 0 Å². The molecule has 3 aromatic rings. The second-order valence-corrected chi connectivity index (χ2v) is 10.2. The highest BCUT2D eigenvalue weighted by Gasteiger charge is 2.34. The summed E-state index contributed by atoms with van der Waals surface area (Å²) in [5.74, 6) is 1.16. The monoisotopic (exact) mass is 498 g/mol. The summed E-state index contributed by atoms with van der Waals surface area (Å²) in [6.07, 6.45) is 1.59. The van der Waals surface area contributed by atoms with E-state index in [4.69, 9.17) is 9.47 Å². The predicted molar refractivity (Wildman–Crippen MR) is 136 cm³/mol. The summed E-state index contributed by atoms with van der Waals surface area (Å²) < 4.78 is 11.6. The molecular weight excluding hydrogens is 468 g/mol. The summed E-state index contributed by atoms with van der Waals surface area (Å²) >= 11 is 3.12. The fourth-order valence-electron chi connectivity index (χ4n) is 4.21. The molecule has 2 atom stereocenters. The van der Waals surface area contributed by atoms with Crippen molar-refractivity contribution in [1.29, 1.82) is 0 Å². The second kappa shape index (κ2) is 11.1. The van der Waals surface area contributed by atoms with Gasteiger partial charge < -0.3 is 19.3 Å². The van der Waals surface area contributed by atoms with Crippen molar-refractivity contribution >= 4 is 34.5 Å². The predicted octanol–water partition coefficient (Wildman–Crippen LogP) is 5.26. The number of amides is 2. The van der Waals surface area contributed by atoms with Gasteiger partial charge in [-0.15, -0.1) is 22.7 Å². The number of thiophene rings is 2. The Bertz CT molecular complexity index is 1110. The van der Waals surface area contributed by atoms with E-state index in [-0.39, 0.29) is 30.4 Å². The number of carbonyl (C=O) groups excluding carboxylic acids is 2. The number of methoxy groups -OCH3 is 1. The van der Waals surface area contributed by atoms with Gasteiger partial charge in [0.1, 0.15) is 13.2 Å². The maximum absolute atomic E-state index is 13.6. The average molecular weight is 499 g/mol. The highest BCUT2D eigenvalue weighted by molar-refractivity contribution is 7.12. The Morgan fingerprint density at radius 3 is 2.62 bits per heavy atom. The van der Waals surface area contributed by atoms with Crippen LogP contribution >= 0.6 is 22.7 Å². The largest absolute Gasteiger partial charge is 0.493 e. The lowest BCUT2D eigenvalue weighted by Crippen LogP contribution is -2.49. The zero-order valence-electron chi connectivity index (χ0n) is 19.7. The Labute approximate surface area is 208 Å². The second-order valence-electron chi connectivity index (χ2n) is 8.28. The van der Waals surface area contributed by atoms with E-state index in [2.05, 4.69) is 11.4 Å². The summed E-state index contributed by atoms with van der Waals surface area (Å²) in [5.41, 5.74) is 1.12. The Morgan fingerprint density at radius 1 is 1.12 bits per heavy atom. The molecule has 8 heteroatoms. The highest BCUT2D eigenvalue weighted by atomic mass is 32.1. The summed E-state index contributed by atoms with van der Waals surface area (Å²) in [5, 5.41) is 3.96. The molecule has 0 saturated heterocycles. The molecule has 2 amide bonds. The van der Waals surface area contributed by atoms with Crippen molar-refractivity contribution < 1.29 is 19.1 Å². The summed E-state index contributed by atoms with van der Waals surface area (Å²) in [4.78, 5) is 32.3. The molecule has 2 aromatic heterocycles. The molecule has 0 aliphatic carbocycles. The van der Waals surface area contributed by atoms with E-state index in [1.165, 1.54) is 16.2 Å². The zero-order chi connectivity index (χ0) is 24.1. The average Bonchev–Trinajstić information content (AvgIpc) is 3.57. The van der Waals surface area contributed by atoms with Gasteiger partial charge >= 0.3 is 0 Å². The van der Waals surface area contributed by atoms with E-state index in [0.717, 1.165) is 18.4 Å². The molecule has 0 N–H and O–H groups in total. The first-order valence-corrected chi connectivity index (χ1v) is 13.2. The number of para-hydroxylation sites is 2. The van der Waals surface area contributed by atoms with Crippen LogP contribution in [0.5, 0.6) is 11.5 Å². The SMILES string of the molecule is CC[C@H](C)N(CC(=O)N1CCc2sccc2[C@H]1COc1ccccc1OC)C(=O)c1cccs1. The van der Waals surface area contributed by atoms with Gasteiger partial charge in [0.15, 0.2) is 11.5 Å². The molecule has 0 saturated carbocycles. The van der Waals surface area contributed by atoms with E-state index in [1.54, 1.807) is 23.3 Å². The maximum Gasteiger partial charge on any atom is 0.264 e. The molecule has 0 unspecified atom stereocenters. The molecule has 0 fully saturated rings. The van der Waals surface area contributed by atoms with Gasteiger partial charge in [-0.1, -0.05) is 25.1 Å². The van der Waals surface area contributed by atoms with E-state index in [9.17, 15) is 9.59 Å². The van der Waals surface area contributed by atoms with Crippen LogP contribution < -0.4 is 9.47 Å². The van der Waals surface area contributed by atoms with Crippen LogP contribution in [0.2, 0.25) is 0 Å². The first-order chi connectivity index (χ1) is 16.5. The summed E-state index contributed by atoms with van der Waals surface area (Å²) in [7, 11) is 1.61. The van der Waals surface area contributed by atoms with Crippen molar-refractivity contribution in [2.75, 3.05) is 26.8 Å². The highest BCUT2D eigenvalue weighted by Crippen LogP contribution is 2.35. The Balaban J connectivity index is 1.55. The van der Waals surface area contributed by atoms with Crippen molar-refractivity contribution in [3.05, 3.63) is 68.5 Å². The van der Waals surface area contributed by atoms with Gasteiger partial charge in [-0.3, -0.25) is 9.59 Å². The van der Waals surface area contributed by atoms with Crippen molar-refractivity contribution in [3.63, 3.8) is 0 Å². The normalized spacial score (nSPS) is 16.0. The van der Waals surface area contributed by atoms with Gasteiger partial charge in [0.25, 0.3) is 5.91 Å². The van der Waals surface area contributed by atoms with Crippen molar-refractivity contribution in [1.82, 2.24) is 9.80 Å². The molecule has 4 rings (SSSR count). The smallest absolute Gasteiger partial charge is 0.264 e. The Hall–Kier alpha value is -2.84. The van der Waals surface area contributed by atoms with Gasteiger partial charge in [-0.2, -0.15) is 0 Å². The molecule has 0 bridgehead atoms. The topological polar surface area (TPSA) is 59.1 Å². The van der Waals surface area contributed by atoms with Crippen LogP contribution in [0.15, 0.2) is 53.2 Å². The number of ether oxygens (including phenoxy) is 2. The standard InChI is InChI=1S/C26H30N2O4S2/c1-4-18(2)28(26(30)24-10-7-14-33-24)16-25(29)27-13-11-23-19(12-15-34-23)20(27)17-32-22-9-6-5-8-21(22)31-3/h5-10,12,14-15,18,20H,4,11,13,16-17H2,1-3H3/t18-,20+/m0/s1. The van der Waals surface area contributed by atoms with E-state index < -0.39 is 0 Å². The lowest BCUT2D eigenvalue weighted by atomic mass is 10.00. The Morgan fingerprint density at radius 2 is 1.91 bits per heavy atom. The quantitative estimate of drug-likeness (QED) is 0.404. The molecule has 0 spiro atoms. The van der Waals surface area contributed by atoms with Crippen molar-refractivity contribution in [2.24, 2.45) is 0 Å². The molecule has 1 aliphatic heterocycles. The molecule has 0 radical (unpaired) electrons. The lowest BCUT2D eigenvalue weighted by Gasteiger charge is -2.38. The fourth-order valence-corrected chi connectivity index (χ4v) is 5.82. The van der Waals surface area contributed by atoms with Gasteiger partial charge in [0, 0.05) is 17.5 Å². The zero-order valence-corrected chi connectivity index (χ0v) is 21.4. The lowest BCUT2D eigenvalue weighted by molar-refractivity contribution is -0.136. The third kappa shape index (κ3) is 5.13. The third-order valence-electron chi connectivity index (χ3n) is 6.30. The molecule has 6 nitrogen and oxygen atoms in total. The third-order valence-corrected chi connectivity index (χ3v) is 8.16. The molecule has 34 heavy (non-hydrogen) atoms. The van der Waals surface area contributed by atoms with E-state index in [0.29, 0.717) is 29.5 Å². The van der Waals surface area contributed by atoms with E-state index in [1.807, 2.05) is 60.5 Å². The molecule has 3 heterocycles. The van der Waals surface area contributed by atoms with Crippen LogP contribution in [-0.4, -0.2) is 54.5 Å². The molecular formula is C26H30N2O4S2. The number of benzene rings is 1. The van der Waals surface area contributed by atoms with E-state index >= 15 is 0 Å². The van der Waals surface area contributed by atoms with Crippen LogP contribution in [0, 0.1) is 0 Å².